The number of phosphoric ester groups is 2. The molecule has 0 amide bonds. The van der Waals surface area contributed by atoms with Gasteiger partial charge < -0.3 is 56.3 Å². The Labute approximate surface area is 284 Å². The van der Waals surface area contributed by atoms with E-state index >= 15 is 0 Å². The summed E-state index contributed by atoms with van der Waals surface area (Å²) >= 11 is 0. The van der Waals surface area contributed by atoms with E-state index in [1.807, 2.05) is 0 Å². The lowest BCUT2D eigenvalue weighted by molar-refractivity contribution is -0.739. The van der Waals surface area contributed by atoms with Crippen LogP contribution in [0.5, 0.6) is 0 Å². The Balaban J connectivity index is 1.03. The van der Waals surface area contributed by atoms with Gasteiger partial charge in [0.05, 0.1) is 38.4 Å². The summed E-state index contributed by atoms with van der Waals surface area (Å²) in [5.74, 6) is -0.130. The number of imidazole rings is 2. The first-order valence-corrected chi connectivity index (χ1v) is 18.9. The molecule has 51 heavy (non-hydrogen) atoms. The van der Waals surface area contributed by atoms with Crippen LogP contribution in [0.3, 0.4) is 0 Å². The summed E-state index contributed by atoms with van der Waals surface area (Å²) in [5, 5.41) is 34.2. The van der Waals surface area contributed by atoms with Crippen molar-refractivity contribution < 1.29 is 75.4 Å². The molecule has 3 aliphatic rings. The number of anilines is 1. The van der Waals surface area contributed by atoms with Crippen molar-refractivity contribution in [3.05, 3.63) is 35.3 Å². The van der Waals surface area contributed by atoms with E-state index in [1.165, 1.54) is 26.4 Å². The molecule has 10 atom stereocenters. The van der Waals surface area contributed by atoms with Gasteiger partial charge >= 0.3 is 29.1 Å². The van der Waals surface area contributed by atoms with Gasteiger partial charge in [-0.3, -0.25) is 28.0 Å². The van der Waals surface area contributed by atoms with Crippen LogP contribution >= 0.6 is 23.5 Å². The van der Waals surface area contributed by atoms with Gasteiger partial charge in [0.25, 0.3) is 11.5 Å². The average molecular weight is 785 g/mol. The molecule has 2 fully saturated rings. The first kappa shape index (κ1) is 37.3. The van der Waals surface area contributed by atoms with Crippen molar-refractivity contribution in [1.29, 1.82) is 0 Å². The quantitative estimate of drug-likeness (QED) is 0.0654. The number of aryl methyl sites for hydroxylation is 1. The predicted octanol–water partition coefficient (Wildman–Crippen LogP) is -2.82. The lowest BCUT2D eigenvalue weighted by Crippen LogP contribution is -2.39. The van der Waals surface area contributed by atoms with Crippen LogP contribution in [0, 0.1) is 0 Å². The van der Waals surface area contributed by atoms with Gasteiger partial charge in [-0.1, -0.05) is 11.6 Å². The molecule has 0 aromatic carbocycles. The fourth-order valence-electron chi connectivity index (χ4n) is 5.49. The number of hydrogen-bond donors (Lipinski definition) is 10. The number of ether oxygens (including phenoxy) is 2. The molecule has 29 heteroatoms. The number of guanidine groups is 1. The van der Waals surface area contributed by atoms with Crippen LogP contribution in [0.1, 0.15) is 24.6 Å². The first-order chi connectivity index (χ1) is 23.7. The lowest BCUT2D eigenvalue weighted by atomic mass is 10.1. The van der Waals surface area contributed by atoms with Crippen molar-refractivity contribution in [2.75, 3.05) is 18.9 Å². The van der Waals surface area contributed by atoms with E-state index in [2.05, 4.69) is 49.5 Å². The molecule has 0 radical (unpaired) electrons. The smallest absolute Gasteiger partial charge is 0.390 e. The summed E-state index contributed by atoms with van der Waals surface area (Å²) in [6.45, 7) is 1.82. The molecule has 0 spiro atoms. The van der Waals surface area contributed by atoms with Crippen LogP contribution < -0.4 is 26.9 Å². The number of phosphoric acid groups is 3. The number of nitrogens with zero attached hydrogens (tertiary/aromatic N) is 6. The monoisotopic (exact) mass is 785 g/mol. The zero-order valence-corrected chi connectivity index (χ0v) is 28.7. The highest BCUT2D eigenvalue weighted by atomic mass is 31.3. The summed E-state index contributed by atoms with van der Waals surface area (Å²) < 4.78 is 70.1. The highest BCUT2D eigenvalue weighted by molar-refractivity contribution is 7.66. The van der Waals surface area contributed by atoms with Gasteiger partial charge in [-0.25, -0.2) is 23.2 Å². The van der Waals surface area contributed by atoms with E-state index in [0.29, 0.717) is 0 Å². The molecule has 0 aliphatic carbocycles. The summed E-state index contributed by atoms with van der Waals surface area (Å²) in [6.07, 6.45) is -7.39. The largest absolute Gasteiger partial charge is 0.490 e. The molecule has 5 unspecified atom stereocenters. The zero-order valence-electron chi connectivity index (χ0n) is 26.0. The molecule has 3 aromatic rings. The second kappa shape index (κ2) is 13.5. The number of nitrogens with two attached hydrogens (primary N) is 2. The third kappa shape index (κ3) is 7.71. The third-order valence-corrected chi connectivity index (χ3v) is 11.9. The SMILES string of the molecule is C=C1NC(N)=Nc2c1ncn2[C@@H]1OC(COP(=O)(O)OP(=O)(O)OP(=O)(O)OC[C@H]2OC([n+]3cn(C)c4c(=O)[nH]c(N)nc43)C[C@@H]2O)[C@@H](O)[C@H]1O. The van der Waals surface area contributed by atoms with Crippen LogP contribution in [-0.2, 0) is 47.9 Å². The molecule has 3 aromatic heterocycles. The molecule has 3 aliphatic heterocycles. The minimum absolute atomic E-state index is 0.0491. The Morgan fingerprint density at radius 3 is 2.35 bits per heavy atom. The summed E-state index contributed by atoms with van der Waals surface area (Å²) in [6, 6.07) is 0. The minimum Gasteiger partial charge on any atom is -0.390 e. The number of aromatic nitrogens is 6. The van der Waals surface area contributed by atoms with Gasteiger partial charge in [0.2, 0.25) is 5.52 Å². The normalized spacial score (nSPS) is 30.0. The molecular weight excluding hydrogens is 753 g/mol. The van der Waals surface area contributed by atoms with Crippen LogP contribution in [0.25, 0.3) is 16.9 Å². The molecule has 0 saturated carbocycles. The van der Waals surface area contributed by atoms with Crippen molar-refractivity contribution in [3.8, 4) is 0 Å². The van der Waals surface area contributed by atoms with Gasteiger partial charge in [0.15, 0.2) is 30.6 Å². The van der Waals surface area contributed by atoms with E-state index in [4.69, 9.17) is 20.9 Å². The number of aromatic amines is 1. The summed E-state index contributed by atoms with van der Waals surface area (Å²) in [5.41, 5.74) is 11.6. The second-order valence-corrected chi connectivity index (χ2v) is 16.0. The van der Waals surface area contributed by atoms with E-state index in [1.54, 1.807) is 7.05 Å². The fourth-order valence-corrected chi connectivity index (χ4v) is 9.01. The maximum atomic E-state index is 12.5. The number of aliphatic hydroxyl groups excluding tert-OH is 3. The van der Waals surface area contributed by atoms with Crippen molar-refractivity contribution in [2.45, 2.75) is 49.4 Å². The summed E-state index contributed by atoms with van der Waals surface area (Å²) in [4.78, 5) is 56.9. The maximum absolute atomic E-state index is 12.5. The molecule has 12 N–H and O–H groups in total. The molecule has 0 bridgehead atoms. The lowest BCUT2D eigenvalue weighted by Gasteiger charge is -2.21. The molecule has 2 saturated heterocycles. The van der Waals surface area contributed by atoms with Gasteiger partial charge in [-0.05, 0) is 0 Å². The van der Waals surface area contributed by atoms with E-state index < -0.39 is 85.2 Å². The number of nitrogens with one attached hydrogen (secondary N) is 2. The maximum Gasteiger partial charge on any atom is 0.490 e. The standard InChI is InChI=1S/C22H31N10O16P3/c1-8-13-17(27-21(23)26-8)31(6-25-13)20-16(35)15(34)11(46-20)5-44-50(39,40)48-51(41,42)47-49(37,38)43-4-10-9(33)3-12(45-10)32-7-30(2)14-18(32)28-22(24)29-19(14)36/h6-7,9-12,15-16,20,33-35H,1,3-5H2,2H3,(H8-,23,24,26,27,28,29,36,37,38,39,40,41,42)/p+1/t9-,10+,11?,12?,15+,16+,20+/m0/s1. The number of aliphatic imine (C=N–C) groups is 1. The highest BCUT2D eigenvalue weighted by Gasteiger charge is 2.48. The number of rotatable bonds is 12. The summed E-state index contributed by atoms with van der Waals surface area (Å²) in [7, 11) is -15.6. The molecular formula is C22H32N10O16P3+. The van der Waals surface area contributed by atoms with E-state index in [-0.39, 0.29) is 46.7 Å². The topological polar surface area (TPSA) is 377 Å². The van der Waals surface area contributed by atoms with Crippen LogP contribution in [0.15, 0.2) is 29.0 Å². The van der Waals surface area contributed by atoms with Crippen LogP contribution in [0.2, 0.25) is 0 Å². The Bertz CT molecular complexity index is 2100. The van der Waals surface area contributed by atoms with Gasteiger partial charge in [0.1, 0.15) is 30.1 Å². The van der Waals surface area contributed by atoms with Crippen molar-refractivity contribution in [3.63, 3.8) is 0 Å². The van der Waals surface area contributed by atoms with E-state index in [9.17, 15) is 48.5 Å². The Morgan fingerprint density at radius 1 is 1.04 bits per heavy atom. The minimum atomic E-state index is -5.92. The molecule has 280 valence electrons. The van der Waals surface area contributed by atoms with Crippen molar-refractivity contribution >= 4 is 58.1 Å². The number of fused-ring (bicyclic) bond motifs is 2. The number of hydrogen-bond acceptors (Lipinski definition) is 19. The highest BCUT2D eigenvalue weighted by Crippen LogP contribution is 2.67. The molecule has 6 rings (SSSR count). The number of H-pyrrole nitrogens is 1. The van der Waals surface area contributed by atoms with Crippen molar-refractivity contribution in [1.82, 2.24) is 29.4 Å². The zero-order chi connectivity index (χ0) is 37.2. The Hall–Kier alpha value is -3.42. The molecule has 6 heterocycles. The second-order valence-electron chi connectivity index (χ2n) is 11.3. The van der Waals surface area contributed by atoms with Crippen molar-refractivity contribution in [2.24, 2.45) is 17.8 Å². The van der Waals surface area contributed by atoms with Crippen LogP contribution in [0.4, 0.5) is 11.8 Å². The molecule has 26 nitrogen and oxygen atoms in total. The van der Waals surface area contributed by atoms with Gasteiger partial charge in [0, 0.05) is 6.42 Å². The Kier molecular flexibility index (Phi) is 9.90. The predicted molar refractivity (Wildman–Crippen MR) is 166 cm³/mol. The van der Waals surface area contributed by atoms with E-state index in [0.717, 1.165) is 0 Å². The number of nitrogen functional groups attached to an aromatic ring is 1. The Morgan fingerprint density at radius 2 is 1.69 bits per heavy atom. The van der Waals surface area contributed by atoms with Gasteiger partial charge in [-0.2, -0.15) is 13.6 Å². The fraction of sp³-hybridized carbons (Fsp3) is 0.500. The third-order valence-electron chi connectivity index (χ3n) is 7.69. The average Bonchev–Trinajstić information content (AvgIpc) is 3.74. The van der Waals surface area contributed by atoms with Crippen LogP contribution in [-0.4, -0.2) is 104 Å². The first-order valence-electron chi connectivity index (χ1n) is 14.4. The number of aliphatic hydroxyl groups is 3. The van der Waals surface area contributed by atoms with Gasteiger partial charge in [-0.15, -0.1) is 0 Å².